The number of aromatic nitrogens is 2. The molecule has 108 valence electrons. The molecule has 0 radical (unpaired) electrons. The summed E-state index contributed by atoms with van der Waals surface area (Å²) in [6, 6.07) is 8.66. The number of hydrogen-bond donors (Lipinski definition) is 1. The quantitative estimate of drug-likeness (QED) is 0.841. The van der Waals surface area contributed by atoms with Crippen LogP contribution in [0.15, 0.2) is 36.7 Å². The molecule has 1 aromatic carbocycles. The summed E-state index contributed by atoms with van der Waals surface area (Å²) < 4.78 is 1.84. The highest BCUT2D eigenvalue weighted by Crippen LogP contribution is 2.17. The van der Waals surface area contributed by atoms with Crippen LogP contribution in [-0.2, 0) is 13.5 Å². The van der Waals surface area contributed by atoms with Gasteiger partial charge < -0.3 is 10.2 Å². The number of rotatable bonds is 7. The Kier molecular flexibility index (Phi) is 5.04. The van der Waals surface area contributed by atoms with Crippen LogP contribution in [0.1, 0.15) is 19.4 Å². The van der Waals surface area contributed by atoms with Crippen LogP contribution < -0.4 is 10.2 Å². The van der Waals surface area contributed by atoms with Crippen molar-refractivity contribution in [2.75, 3.05) is 29.9 Å². The van der Waals surface area contributed by atoms with Gasteiger partial charge in [-0.3, -0.25) is 4.68 Å². The van der Waals surface area contributed by atoms with Crippen LogP contribution in [0, 0.1) is 0 Å². The second-order valence-electron chi connectivity index (χ2n) is 4.92. The number of benzene rings is 1. The normalized spacial score (nSPS) is 10.6. The van der Waals surface area contributed by atoms with Gasteiger partial charge in [-0.2, -0.15) is 5.10 Å². The largest absolute Gasteiger partial charge is 0.385 e. The van der Waals surface area contributed by atoms with Gasteiger partial charge in [0.1, 0.15) is 0 Å². The Labute approximate surface area is 121 Å². The summed E-state index contributed by atoms with van der Waals surface area (Å²) in [6.45, 7) is 7.39. The van der Waals surface area contributed by atoms with Crippen molar-refractivity contribution in [1.82, 2.24) is 9.78 Å². The Hall–Kier alpha value is -1.97. The van der Waals surface area contributed by atoms with Crippen molar-refractivity contribution in [2.45, 2.75) is 20.3 Å². The molecule has 2 rings (SSSR count). The van der Waals surface area contributed by atoms with Gasteiger partial charge in [-0.15, -0.1) is 0 Å². The molecule has 4 heteroatoms. The summed E-state index contributed by atoms with van der Waals surface area (Å²) in [6.07, 6.45) is 4.97. The van der Waals surface area contributed by atoms with E-state index in [9.17, 15) is 0 Å². The van der Waals surface area contributed by atoms with Crippen molar-refractivity contribution in [3.05, 3.63) is 42.2 Å². The lowest BCUT2D eigenvalue weighted by molar-refractivity contribution is 0.767. The van der Waals surface area contributed by atoms with Crippen molar-refractivity contribution in [2.24, 2.45) is 7.05 Å². The second kappa shape index (κ2) is 6.98. The van der Waals surface area contributed by atoms with Gasteiger partial charge in [0.15, 0.2) is 0 Å². The van der Waals surface area contributed by atoms with E-state index in [1.54, 1.807) is 0 Å². The highest BCUT2D eigenvalue weighted by Gasteiger charge is 2.01. The van der Waals surface area contributed by atoms with Crippen LogP contribution in [0.2, 0.25) is 0 Å². The van der Waals surface area contributed by atoms with E-state index in [1.807, 2.05) is 17.9 Å². The number of aryl methyl sites for hydroxylation is 1. The van der Waals surface area contributed by atoms with Crippen molar-refractivity contribution in [3.8, 4) is 0 Å². The molecule has 20 heavy (non-hydrogen) atoms. The minimum Gasteiger partial charge on any atom is -0.385 e. The van der Waals surface area contributed by atoms with Gasteiger partial charge in [-0.25, -0.2) is 0 Å². The molecule has 0 amide bonds. The lowest BCUT2D eigenvalue weighted by Gasteiger charge is -2.21. The molecule has 0 saturated heterocycles. The molecule has 0 saturated carbocycles. The second-order valence-corrected chi connectivity index (χ2v) is 4.92. The van der Waals surface area contributed by atoms with Crippen LogP contribution >= 0.6 is 0 Å². The van der Waals surface area contributed by atoms with E-state index in [0.717, 1.165) is 26.1 Å². The minimum absolute atomic E-state index is 0.927. The summed E-state index contributed by atoms with van der Waals surface area (Å²) in [5.74, 6) is 0. The van der Waals surface area contributed by atoms with E-state index in [1.165, 1.54) is 16.9 Å². The Morgan fingerprint density at radius 1 is 1.15 bits per heavy atom. The van der Waals surface area contributed by atoms with E-state index < -0.39 is 0 Å². The molecule has 0 spiro atoms. The highest BCUT2D eigenvalue weighted by atomic mass is 15.2. The predicted octanol–water partition coefficient (Wildman–Crippen LogP) is 2.92. The lowest BCUT2D eigenvalue weighted by Crippen LogP contribution is -2.21. The number of anilines is 2. The molecule has 0 aliphatic heterocycles. The van der Waals surface area contributed by atoms with Gasteiger partial charge in [0, 0.05) is 44.3 Å². The predicted molar refractivity (Wildman–Crippen MR) is 85.4 cm³/mol. The summed E-state index contributed by atoms with van der Waals surface area (Å²) in [4.78, 5) is 2.35. The molecular formula is C16H24N4. The fraction of sp³-hybridized carbons (Fsp3) is 0.438. The van der Waals surface area contributed by atoms with Gasteiger partial charge in [0.2, 0.25) is 0 Å². The van der Waals surface area contributed by atoms with Crippen LogP contribution in [0.3, 0.4) is 0 Å². The van der Waals surface area contributed by atoms with Crippen molar-refractivity contribution in [3.63, 3.8) is 0 Å². The van der Waals surface area contributed by atoms with Crippen molar-refractivity contribution in [1.29, 1.82) is 0 Å². The number of nitrogens with one attached hydrogen (secondary N) is 1. The van der Waals surface area contributed by atoms with E-state index >= 15 is 0 Å². The van der Waals surface area contributed by atoms with Crippen LogP contribution in [0.5, 0.6) is 0 Å². The van der Waals surface area contributed by atoms with Crippen LogP contribution in [0.25, 0.3) is 0 Å². The molecule has 0 unspecified atom stereocenters. The Bertz CT molecular complexity index is 512. The molecule has 0 bridgehead atoms. The minimum atomic E-state index is 0.927. The lowest BCUT2D eigenvalue weighted by atomic mass is 10.2. The van der Waals surface area contributed by atoms with E-state index in [-0.39, 0.29) is 0 Å². The summed E-state index contributed by atoms with van der Waals surface area (Å²) in [5.41, 5.74) is 3.72. The molecule has 1 heterocycles. The van der Waals surface area contributed by atoms with Gasteiger partial charge >= 0.3 is 0 Å². The van der Waals surface area contributed by atoms with Gasteiger partial charge in [0.05, 0.1) is 6.20 Å². The van der Waals surface area contributed by atoms with Crippen molar-refractivity contribution < 1.29 is 0 Å². The smallest absolute Gasteiger partial charge is 0.0522 e. The summed E-state index contributed by atoms with van der Waals surface area (Å²) in [5, 5.41) is 7.62. The van der Waals surface area contributed by atoms with Gasteiger partial charge in [-0.05, 0) is 50.1 Å². The van der Waals surface area contributed by atoms with E-state index in [2.05, 4.69) is 59.6 Å². The molecule has 1 N–H and O–H groups in total. The number of hydrogen-bond acceptors (Lipinski definition) is 3. The standard InChI is InChI=1S/C16H24N4/c1-4-20(5-2)16-8-6-15(7-9-16)17-11-10-14-12-18-19(3)13-14/h6-9,12-13,17H,4-5,10-11H2,1-3H3. The average molecular weight is 272 g/mol. The fourth-order valence-corrected chi connectivity index (χ4v) is 2.33. The zero-order chi connectivity index (χ0) is 14.4. The van der Waals surface area contributed by atoms with E-state index in [4.69, 9.17) is 0 Å². The molecule has 2 aromatic rings. The molecule has 0 aliphatic carbocycles. The average Bonchev–Trinajstić information content (AvgIpc) is 2.87. The van der Waals surface area contributed by atoms with Crippen molar-refractivity contribution >= 4 is 11.4 Å². The van der Waals surface area contributed by atoms with Gasteiger partial charge in [-0.1, -0.05) is 0 Å². The molecular weight excluding hydrogens is 248 g/mol. The first-order chi connectivity index (χ1) is 9.72. The first-order valence-corrected chi connectivity index (χ1v) is 7.29. The topological polar surface area (TPSA) is 33.1 Å². The van der Waals surface area contributed by atoms with Crippen LogP contribution in [0.4, 0.5) is 11.4 Å². The van der Waals surface area contributed by atoms with E-state index in [0.29, 0.717) is 0 Å². The van der Waals surface area contributed by atoms with Crippen LogP contribution in [-0.4, -0.2) is 29.4 Å². The first-order valence-electron chi connectivity index (χ1n) is 7.29. The zero-order valence-electron chi connectivity index (χ0n) is 12.6. The maximum Gasteiger partial charge on any atom is 0.0522 e. The number of nitrogens with zero attached hydrogens (tertiary/aromatic N) is 3. The monoisotopic (exact) mass is 272 g/mol. The Morgan fingerprint density at radius 3 is 2.40 bits per heavy atom. The fourth-order valence-electron chi connectivity index (χ4n) is 2.33. The molecule has 0 fully saturated rings. The first kappa shape index (κ1) is 14.4. The molecule has 0 atom stereocenters. The summed E-state index contributed by atoms with van der Waals surface area (Å²) in [7, 11) is 1.95. The molecule has 1 aromatic heterocycles. The third-order valence-electron chi connectivity index (χ3n) is 3.50. The Balaban J connectivity index is 1.84. The SMILES string of the molecule is CCN(CC)c1ccc(NCCc2cnn(C)c2)cc1. The molecule has 0 aliphatic rings. The summed E-state index contributed by atoms with van der Waals surface area (Å²) >= 11 is 0. The maximum atomic E-state index is 4.18. The third kappa shape index (κ3) is 3.76. The highest BCUT2D eigenvalue weighted by molar-refractivity contribution is 5.55. The maximum absolute atomic E-state index is 4.18. The Morgan fingerprint density at radius 2 is 1.85 bits per heavy atom. The molecule has 4 nitrogen and oxygen atoms in total. The van der Waals surface area contributed by atoms with Gasteiger partial charge in [0.25, 0.3) is 0 Å². The third-order valence-corrected chi connectivity index (χ3v) is 3.50. The zero-order valence-corrected chi connectivity index (χ0v) is 12.6.